The lowest BCUT2D eigenvalue weighted by Gasteiger charge is -2.11. The van der Waals surface area contributed by atoms with Gasteiger partial charge in [-0.3, -0.25) is 4.98 Å². The number of pyridine rings is 1. The Hall–Kier alpha value is -3.39. The molecule has 0 N–H and O–H groups in total. The minimum absolute atomic E-state index is 0.456. The molecule has 3 aromatic carbocycles. The van der Waals surface area contributed by atoms with E-state index in [1.165, 1.54) is 22.3 Å². The maximum Gasteiger partial charge on any atom is 0.144 e. The second-order valence-corrected chi connectivity index (χ2v) is 8.40. The monoisotopic (exact) mass is 391 g/mol. The number of aryl methyl sites for hydroxylation is 2. The molecule has 2 heterocycles. The first-order chi connectivity index (χ1) is 14.5. The van der Waals surface area contributed by atoms with Gasteiger partial charge in [0, 0.05) is 22.5 Å². The van der Waals surface area contributed by atoms with E-state index < -0.39 is 0 Å². The Balaban J connectivity index is 1.76. The van der Waals surface area contributed by atoms with Crippen LogP contribution in [0.25, 0.3) is 44.3 Å². The highest BCUT2D eigenvalue weighted by Crippen LogP contribution is 2.39. The molecule has 0 saturated carbocycles. The van der Waals surface area contributed by atoms with Gasteiger partial charge in [-0.1, -0.05) is 56.3 Å². The van der Waals surface area contributed by atoms with E-state index in [2.05, 4.69) is 94.4 Å². The first-order valence-electron chi connectivity index (χ1n) is 10.5. The summed E-state index contributed by atoms with van der Waals surface area (Å²) in [6.45, 7) is 8.70. The van der Waals surface area contributed by atoms with Gasteiger partial charge in [0.2, 0.25) is 0 Å². The summed E-state index contributed by atoms with van der Waals surface area (Å²) in [7, 11) is 0. The summed E-state index contributed by atoms with van der Waals surface area (Å²) < 4.78 is 6.45. The van der Waals surface area contributed by atoms with Gasteiger partial charge in [-0.05, 0) is 71.8 Å². The number of hydrogen-bond acceptors (Lipinski definition) is 2. The van der Waals surface area contributed by atoms with E-state index in [-0.39, 0.29) is 0 Å². The Morgan fingerprint density at radius 2 is 1.53 bits per heavy atom. The minimum Gasteiger partial charge on any atom is -0.455 e. The third-order valence-corrected chi connectivity index (χ3v) is 5.93. The van der Waals surface area contributed by atoms with Crippen LogP contribution in [0.5, 0.6) is 0 Å². The molecule has 0 atom stereocenters. The second kappa shape index (κ2) is 7.14. The molecule has 2 heteroatoms. The first kappa shape index (κ1) is 18.6. The number of rotatable bonds is 3. The number of fused-ring (bicyclic) bond motifs is 3. The van der Waals surface area contributed by atoms with Crippen molar-refractivity contribution in [3.63, 3.8) is 0 Å². The number of aromatic nitrogens is 1. The zero-order valence-electron chi connectivity index (χ0n) is 17.9. The highest BCUT2D eigenvalue weighted by atomic mass is 16.3. The van der Waals surface area contributed by atoms with Crippen molar-refractivity contribution in [3.05, 3.63) is 89.6 Å². The molecular formula is C28H25NO. The van der Waals surface area contributed by atoms with Gasteiger partial charge in [0.25, 0.3) is 0 Å². The normalized spacial score (nSPS) is 11.6. The van der Waals surface area contributed by atoms with Crippen LogP contribution < -0.4 is 0 Å². The zero-order valence-corrected chi connectivity index (χ0v) is 17.9. The third kappa shape index (κ3) is 3.00. The maximum atomic E-state index is 6.45. The maximum absolute atomic E-state index is 6.45. The van der Waals surface area contributed by atoms with Crippen LogP contribution in [0.1, 0.15) is 36.5 Å². The zero-order chi connectivity index (χ0) is 20.8. The van der Waals surface area contributed by atoms with Crippen LogP contribution in [-0.4, -0.2) is 4.98 Å². The Kier molecular flexibility index (Phi) is 4.43. The van der Waals surface area contributed by atoms with Gasteiger partial charge in [-0.15, -0.1) is 0 Å². The standard InChI is InChI=1S/C28H25NO/c1-17(2)24-15-26(29-16-19(24)4)23-12-8-11-22-25-14-21(20-9-6-5-7-10-20)13-18(3)27(25)30-28(22)23/h5-17H,1-4H3. The molecule has 0 radical (unpaired) electrons. The first-order valence-corrected chi connectivity index (χ1v) is 10.5. The fraction of sp³-hybridized carbons (Fsp3) is 0.179. The number of furan rings is 1. The van der Waals surface area contributed by atoms with Crippen molar-refractivity contribution in [2.75, 3.05) is 0 Å². The van der Waals surface area contributed by atoms with E-state index in [9.17, 15) is 0 Å². The summed E-state index contributed by atoms with van der Waals surface area (Å²) in [6, 6.07) is 23.5. The number of para-hydroxylation sites is 1. The van der Waals surface area contributed by atoms with Crippen molar-refractivity contribution >= 4 is 21.9 Å². The molecule has 0 aliphatic heterocycles. The molecule has 0 amide bonds. The van der Waals surface area contributed by atoms with E-state index in [4.69, 9.17) is 9.40 Å². The molecule has 0 saturated heterocycles. The van der Waals surface area contributed by atoms with Crippen LogP contribution in [0.2, 0.25) is 0 Å². The Morgan fingerprint density at radius 3 is 2.30 bits per heavy atom. The topological polar surface area (TPSA) is 26.0 Å². The van der Waals surface area contributed by atoms with Crippen molar-refractivity contribution in [1.29, 1.82) is 0 Å². The van der Waals surface area contributed by atoms with Gasteiger partial charge in [0.1, 0.15) is 11.2 Å². The van der Waals surface area contributed by atoms with Gasteiger partial charge >= 0.3 is 0 Å². The van der Waals surface area contributed by atoms with Crippen LogP contribution in [0.4, 0.5) is 0 Å². The summed E-state index contributed by atoms with van der Waals surface area (Å²) in [5, 5.41) is 2.29. The average molecular weight is 392 g/mol. The van der Waals surface area contributed by atoms with E-state index in [0.29, 0.717) is 5.92 Å². The smallest absolute Gasteiger partial charge is 0.144 e. The molecule has 0 spiro atoms. The highest BCUT2D eigenvalue weighted by molar-refractivity contribution is 6.11. The van der Waals surface area contributed by atoms with Crippen LogP contribution in [0.3, 0.4) is 0 Å². The third-order valence-electron chi connectivity index (χ3n) is 5.93. The van der Waals surface area contributed by atoms with Crippen molar-refractivity contribution < 1.29 is 4.42 Å². The van der Waals surface area contributed by atoms with E-state index in [0.717, 1.165) is 38.8 Å². The molecule has 5 aromatic rings. The van der Waals surface area contributed by atoms with E-state index >= 15 is 0 Å². The lowest BCUT2D eigenvalue weighted by atomic mass is 9.96. The van der Waals surface area contributed by atoms with E-state index in [1.807, 2.05) is 6.20 Å². The summed E-state index contributed by atoms with van der Waals surface area (Å²) in [5.41, 5.74) is 10.0. The van der Waals surface area contributed by atoms with Gasteiger partial charge in [-0.2, -0.15) is 0 Å². The molecule has 2 nitrogen and oxygen atoms in total. The summed E-state index contributed by atoms with van der Waals surface area (Å²) >= 11 is 0. The predicted molar refractivity (Wildman–Crippen MR) is 126 cm³/mol. The van der Waals surface area contributed by atoms with Gasteiger partial charge in [0.05, 0.1) is 5.69 Å². The summed E-state index contributed by atoms with van der Waals surface area (Å²) in [6.07, 6.45) is 1.98. The summed E-state index contributed by atoms with van der Waals surface area (Å²) in [5.74, 6) is 0.456. The van der Waals surface area contributed by atoms with Gasteiger partial charge in [0.15, 0.2) is 0 Å². The van der Waals surface area contributed by atoms with E-state index in [1.54, 1.807) is 0 Å². The van der Waals surface area contributed by atoms with Crippen molar-refractivity contribution in [2.45, 2.75) is 33.6 Å². The largest absolute Gasteiger partial charge is 0.455 e. The molecule has 5 rings (SSSR count). The molecule has 0 aliphatic rings. The Bertz CT molecular complexity index is 1380. The Morgan fingerprint density at radius 1 is 0.733 bits per heavy atom. The lowest BCUT2D eigenvalue weighted by Crippen LogP contribution is -1.95. The van der Waals surface area contributed by atoms with Crippen molar-refractivity contribution in [1.82, 2.24) is 4.98 Å². The molecule has 148 valence electrons. The highest BCUT2D eigenvalue weighted by Gasteiger charge is 2.16. The number of nitrogens with zero attached hydrogens (tertiary/aromatic N) is 1. The van der Waals surface area contributed by atoms with Crippen LogP contribution >= 0.6 is 0 Å². The molecule has 0 fully saturated rings. The van der Waals surface area contributed by atoms with Crippen LogP contribution in [0, 0.1) is 13.8 Å². The molecule has 2 aromatic heterocycles. The predicted octanol–water partition coefficient (Wildman–Crippen LogP) is 8.06. The molecular weight excluding hydrogens is 366 g/mol. The van der Waals surface area contributed by atoms with Crippen LogP contribution in [0.15, 0.2) is 77.3 Å². The summed E-state index contributed by atoms with van der Waals surface area (Å²) in [4.78, 5) is 4.74. The van der Waals surface area contributed by atoms with Gasteiger partial charge in [-0.25, -0.2) is 0 Å². The molecule has 0 bridgehead atoms. The molecule has 0 aliphatic carbocycles. The average Bonchev–Trinajstić information content (AvgIpc) is 3.14. The number of benzene rings is 3. The lowest BCUT2D eigenvalue weighted by molar-refractivity contribution is 0.666. The van der Waals surface area contributed by atoms with Crippen molar-refractivity contribution in [2.24, 2.45) is 0 Å². The second-order valence-electron chi connectivity index (χ2n) is 8.40. The minimum atomic E-state index is 0.456. The quantitative estimate of drug-likeness (QED) is 0.311. The SMILES string of the molecule is Cc1cnc(-c2cccc3c2oc2c(C)cc(-c4ccccc4)cc23)cc1C(C)C. The molecule has 30 heavy (non-hydrogen) atoms. The fourth-order valence-electron chi connectivity index (χ4n) is 4.38. The van der Waals surface area contributed by atoms with Crippen molar-refractivity contribution in [3.8, 4) is 22.4 Å². The van der Waals surface area contributed by atoms with Crippen LogP contribution in [-0.2, 0) is 0 Å². The number of hydrogen-bond donors (Lipinski definition) is 0. The molecule has 0 unspecified atom stereocenters. The Labute approximate surface area is 177 Å². The van der Waals surface area contributed by atoms with Gasteiger partial charge < -0.3 is 4.42 Å². The fourth-order valence-corrected chi connectivity index (χ4v) is 4.38.